The van der Waals surface area contributed by atoms with E-state index in [0.29, 0.717) is 17.2 Å². The van der Waals surface area contributed by atoms with E-state index in [0.717, 1.165) is 22.5 Å². The highest BCUT2D eigenvalue weighted by atomic mass is 19.4. The fourth-order valence-corrected chi connectivity index (χ4v) is 2.85. The minimum Gasteiger partial charge on any atom is -0.365 e. The molecule has 0 amide bonds. The van der Waals surface area contributed by atoms with Crippen LogP contribution in [0.15, 0.2) is 36.4 Å². The average molecular weight is 345 g/mol. The number of fused-ring (bicyclic) bond motifs is 1. The Bertz CT molecular complexity index is 933. The number of aromatic nitrogens is 2. The first-order chi connectivity index (χ1) is 11.8. The van der Waals surface area contributed by atoms with Crippen LogP contribution >= 0.6 is 0 Å². The molecule has 130 valence electrons. The highest BCUT2D eigenvalue weighted by Crippen LogP contribution is 2.33. The lowest BCUT2D eigenvalue weighted by atomic mass is 10.0. The Morgan fingerprint density at radius 3 is 2.48 bits per heavy atom. The van der Waals surface area contributed by atoms with Crippen molar-refractivity contribution in [2.24, 2.45) is 0 Å². The van der Waals surface area contributed by atoms with E-state index in [4.69, 9.17) is 0 Å². The molecule has 6 heteroatoms. The van der Waals surface area contributed by atoms with Gasteiger partial charge in [0.2, 0.25) is 0 Å². The van der Waals surface area contributed by atoms with E-state index in [1.807, 2.05) is 25.1 Å². The lowest BCUT2D eigenvalue weighted by Crippen LogP contribution is -2.11. The Kier molecular flexibility index (Phi) is 4.37. The number of nitrogens with zero attached hydrogens (tertiary/aromatic N) is 2. The molecule has 0 radical (unpaired) electrons. The van der Waals surface area contributed by atoms with Crippen molar-refractivity contribution < 1.29 is 13.2 Å². The van der Waals surface area contributed by atoms with Gasteiger partial charge >= 0.3 is 6.18 Å². The second-order valence-corrected chi connectivity index (χ2v) is 6.08. The van der Waals surface area contributed by atoms with Crippen LogP contribution in [-0.2, 0) is 12.7 Å². The number of anilines is 1. The van der Waals surface area contributed by atoms with Gasteiger partial charge in [-0.15, -0.1) is 0 Å². The zero-order chi connectivity index (χ0) is 18.2. The Balaban J connectivity index is 1.95. The number of nitrogens with one attached hydrogen (secondary N) is 1. The van der Waals surface area contributed by atoms with Gasteiger partial charge in [-0.2, -0.15) is 13.2 Å². The summed E-state index contributed by atoms with van der Waals surface area (Å²) in [4.78, 5) is 8.81. The van der Waals surface area contributed by atoms with Crippen LogP contribution in [0.4, 0.5) is 19.0 Å². The van der Waals surface area contributed by atoms with Gasteiger partial charge in [0.05, 0.1) is 11.1 Å². The van der Waals surface area contributed by atoms with Crippen LogP contribution in [0.3, 0.4) is 0 Å². The largest absolute Gasteiger partial charge is 0.416 e. The second kappa shape index (κ2) is 6.35. The number of aryl methyl sites for hydroxylation is 2. The summed E-state index contributed by atoms with van der Waals surface area (Å²) in [6.07, 6.45) is -4.35. The molecule has 0 spiro atoms. The first kappa shape index (κ1) is 17.2. The molecule has 0 atom stereocenters. The van der Waals surface area contributed by atoms with E-state index in [1.165, 1.54) is 13.0 Å². The van der Waals surface area contributed by atoms with Gasteiger partial charge in [0.25, 0.3) is 0 Å². The molecular formula is C19H18F3N3. The monoisotopic (exact) mass is 345 g/mol. The molecule has 1 aromatic heterocycles. The maximum absolute atomic E-state index is 13.1. The number of hydrogen-bond donors (Lipinski definition) is 1. The third kappa shape index (κ3) is 3.57. The van der Waals surface area contributed by atoms with Crippen molar-refractivity contribution in [3.05, 3.63) is 64.5 Å². The predicted octanol–water partition coefficient (Wildman–Crippen LogP) is 5.19. The molecule has 0 saturated carbocycles. The van der Waals surface area contributed by atoms with Gasteiger partial charge in [-0.1, -0.05) is 23.8 Å². The van der Waals surface area contributed by atoms with Crippen LogP contribution in [-0.4, -0.2) is 9.97 Å². The fraction of sp³-hybridized carbons (Fsp3) is 0.263. The topological polar surface area (TPSA) is 37.8 Å². The predicted molar refractivity (Wildman–Crippen MR) is 92.5 cm³/mol. The van der Waals surface area contributed by atoms with Crippen molar-refractivity contribution in [3.63, 3.8) is 0 Å². The van der Waals surface area contributed by atoms with Crippen molar-refractivity contribution in [1.29, 1.82) is 0 Å². The van der Waals surface area contributed by atoms with E-state index in [2.05, 4.69) is 15.3 Å². The normalized spacial score (nSPS) is 11.8. The molecular weight excluding hydrogens is 327 g/mol. The standard InChI is InChI=1S/C19H18F3N3/c1-11-7-8-17-15(9-11)18(25-13(3)24-17)23-10-14-5-4-6-16(12(14)2)19(20,21)22/h4-9H,10H2,1-3H3,(H,23,24,25). The number of alkyl halides is 3. The molecule has 2 aromatic carbocycles. The molecule has 0 aliphatic heterocycles. The lowest BCUT2D eigenvalue weighted by molar-refractivity contribution is -0.138. The van der Waals surface area contributed by atoms with E-state index in [-0.39, 0.29) is 12.1 Å². The number of rotatable bonds is 3. The summed E-state index contributed by atoms with van der Waals surface area (Å²) in [6.45, 7) is 5.52. The molecule has 0 aliphatic rings. The van der Waals surface area contributed by atoms with E-state index < -0.39 is 11.7 Å². The molecule has 3 aromatic rings. The summed E-state index contributed by atoms with van der Waals surface area (Å²) in [5, 5.41) is 4.03. The minimum atomic E-state index is -4.35. The maximum Gasteiger partial charge on any atom is 0.416 e. The zero-order valence-corrected chi connectivity index (χ0v) is 14.2. The number of halogens is 3. The van der Waals surface area contributed by atoms with Crippen molar-refractivity contribution in [2.45, 2.75) is 33.5 Å². The molecule has 3 nitrogen and oxygen atoms in total. The summed E-state index contributed by atoms with van der Waals surface area (Å²) in [5.74, 6) is 1.24. The van der Waals surface area contributed by atoms with Crippen molar-refractivity contribution >= 4 is 16.7 Å². The highest BCUT2D eigenvalue weighted by molar-refractivity contribution is 5.89. The smallest absolute Gasteiger partial charge is 0.365 e. The summed E-state index contributed by atoms with van der Waals surface area (Å²) in [6, 6.07) is 10.1. The first-order valence-corrected chi connectivity index (χ1v) is 7.90. The second-order valence-electron chi connectivity index (χ2n) is 6.08. The number of benzene rings is 2. The van der Waals surface area contributed by atoms with Gasteiger partial charge in [-0.25, -0.2) is 9.97 Å². The van der Waals surface area contributed by atoms with Crippen LogP contribution in [0.1, 0.15) is 28.1 Å². The van der Waals surface area contributed by atoms with Crippen LogP contribution in [0, 0.1) is 20.8 Å². The molecule has 1 N–H and O–H groups in total. The van der Waals surface area contributed by atoms with E-state index in [9.17, 15) is 13.2 Å². The van der Waals surface area contributed by atoms with Gasteiger partial charge in [-0.3, -0.25) is 0 Å². The Morgan fingerprint density at radius 2 is 1.76 bits per heavy atom. The SMILES string of the molecule is Cc1ccc2nc(C)nc(NCc3cccc(C(F)(F)F)c3C)c2c1. The first-order valence-electron chi connectivity index (χ1n) is 7.90. The van der Waals surface area contributed by atoms with Gasteiger partial charge in [-0.05, 0) is 50.1 Å². The molecule has 3 rings (SSSR count). The Hall–Kier alpha value is -2.63. The molecule has 0 fully saturated rings. The fourth-order valence-electron chi connectivity index (χ4n) is 2.85. The van der Waals surface area contributed by atoms with Gasteiger partial charge in [0.15, 0.2) is 0 Å². The van der Waals surface area contributed by atoms with E-state index >= 15 is 0 Å². The molecule has 0 aliphatic carbocycles. The molecule has 1 heterocycles. The molecule has 0 bridgehead atoms. The summed E-state index contributed by atoms with van der Waals surface area (Å²) in [7, 11) is 0. The molecule has 0 unspecified atom stereocenters. The number of hydrogen-bond acceptors (Lipinski definition) is 3. The highest BCUT2D eigenvalue weighted by Gasteiger charge is 2.32. The van der Waals surface area contributed by atoms with Crippen molar-refractivity contribution in [2.75, 3.05) is 5.32 Å². The van der Waals surface area contributed by atoms with Crippen LogP contribution in [0.25, 0.3) is 10.9 Å². The molecule has 0 saturated heterocycles. The van der Waals surface area contributed by atoms with Gasteiger partial charge < -0.3 is 5.32 Å². The summed E-state index contributed by atoms with van der Waals surface area (Å²) < 4.78 is 39.2. The molecule has 25 heavy (non-hydrogen) atoms. The Labute approximate surface area is 143 Å². The van der Waals surface area contributed by atoms with Crippen molar-refractivity contribution in [1.82, 2.24) is 9.97 Å². The third-order valence-electron chi connectivity index (χ3n) is 4.16. The van der Waals surface area contributed by atoms with Crippen molar-refractivity contribution in [3.8, 4) is 0 Å². The van der Waals surface area contributed by atoms with Crippen LogP contribution in [0.5, 0.6) is 0 Å². The minimum absolute atomic E-state index is 0.230. The quantitative estimate of drug-likeness (QED) is 0.710. The lowest BCUT2D eigenvalue weighted by Gasteiger charge is -2.15. The van der Waals surface area contributed by atoms with Gasteiger partial charge in [0, 0.05) is 11.9 Å². The summed E-state index contributed by atoms with van der Waals surface area (Å²) in [5.41, 5.74) is 2.09. The average Bonchev–Trinajstić information content (AvgIpc) is 2.53. The summed E-state index contributed by atoms with van der Waals surface area (Å²) >= 11 is 0. The van der Waals surface area contributed by atoms with Gasteiger partial charge in [0.1, 0.15) is 11.6 Å². The van der Waals surface area contributed by atoms with Crippen LogP contribution < -0.4 is 5.32 Å². The third-order valence-corrected chi connectivity index (χ3v) is 4.16. The Morgan fingerprint density at radius 1 is 1.00 bits per heavy atom. The van der Waals surface area contributed by atoms with E-state index in [1.54, 1.807) is 13.0 Å². The van der Waals surface area contributed by atoms with Crippen LogP contribution in [0.2, 0.25) is 0 Å². The zero-order valence-electron chi connectivity index (χ0n) is 14.2. The maximum atomic E-state index is 13.1.